The summed E-state index contributed by atoms with van der Waals surface area (Å²) in [5.41, 5.74) is 3.26. The Morgan fingerprint density at radius 2 is 1.80 bits per heavy atom. The molecule has 0 aromatic heterocycles. The van der Waals surface area contributed by atoms with Crippen molar-refractivity contribution in [3.63, 3.8) is 0 Å². The van der Waals surface area contributed by atoms with Crippen LogP contribution in [0.15, 0.2) is 12.1 Å². The lowest BCUT2D eigenvalue weighted by molar-refractivity contribution is -0.143. The van der Waals surface area contributed by atoms with Gasteiger partial charge in [-0.2, -0.15) is 0 Å². The molecular formula is C21H34O4. The van der Waals surface area contributed by atoms with Gasteiger partial charge in [-0.3, -0.25) is 4.79 Å². The highest BCUT2D eigenvalue weighted by atomic mass is 16.5. The van der Waals surface area contributed by atoms with Crippen molar-refractivity contribution in [1.82, 2.24) is 0 Å². The van der Waals surface area contributed by atoms with Crippen molar-refractivity contribution in [2.45, 2.75) is 66.2 Å². The largest absolute Gasteiger partial charge is 0.496 e. The zero-order valence-electron chi connectivity index (χ0n) is 16.9. The monoisotopic (exact) mass is 350 g/mol. The number of hydrogen-bond acceptors (Lipinski definition) is 4. The van der Waals surface area contributed by atoms with Gasteiger partial charge in [0, 0.05) is 5.56 Å². The number of carbonyl (C=O) groups excluding carboxylic acids is 1. The van der Waals surface area contributed by atoms with E-state index in [1.54, 1.807) is 7.11 Å². The summed E-state index contributed by atoms with van der Waals surface area (Å²) in [6.07, 6.45) is 2.04. The third-order valence-corrected chi connectivity index (χ3v) is 4.21. The third-order valence-electron chi connectivity index (χ3n) is 4.21. The highest BCUT2D eigenvalue weighted by Crippen LogP contribution is 2.42. The molecule has 1 N–H and O–H groups in total. The minimum Gasteiger partial charge on any atom is -0.496 e. The lowest BCUT2D eigenvalue weighted by Gasteiger charge is -2.35. The van der Waals surface area contributed by atoms with Gasteiger partial charge in [0.2, 0.25) is 0 Å². The highest BCUT2D eigenvalue weighted by molar-refractivity contribution is 5.73. The summed E-state index contributed by atoms with van der Waals surface area (Å²) < 4.78 is 10.8. The predicted octanol–water partition coefficient (Wildman–Crippen LogP) is 4.05. The van der Waals surface area contributed by atoms with Crippen LogP contribution in [0.2, 0.25) is 0 Å². The van der Waals surface area contributed by atoms with Crippen molar-refractivity contribution in [3.05, 3.63) is 28.8 Å². The molecule has 0 saturated heterocycles. The molecule has 0 atom stereocenters. The Labute approximate surface area is 152 Å². The number of methoxy groups -OCH3 is 1. The zero-order valence-corrected chi connectivity index (χ0v) is 16.9. The SMILES string of the molecule is CCc1cc(CC(=O)OCCO)cc(C(C)(C)CC(C)(C)C)c1OC. The first-order valence-corrected chi connectivity index (χ1v) is 9.01. The number of aryl methyl sites for hydroxylation is 1. The number of rotatable bonds is 8. The van der Waals surface area contributed by atoms with Crippen LogP contribution in [0.3, 0.4) is 0 Å². The van der Waals surface area contributed by atoms with Gasteiger partial charge in [0.1, 0.15) is 12.4 Å². The van der Waals surface area contributed by atoms with Crippen molar-refractivity contribution in [1.29, 1.82) is 0 Å². The lowest BCUT2D eigenvalue weighted by Crippen LogP contribution is -2.26. The van der Waals surface area contributed by atoms with E-state index in [1.807, 2.05) is 6.07 Å². The Morgan fingerprint density at radius 3 is 2.28 bits per heavy atom. The molecule has 0 aliphatic rings. The number of esters is 1. The number of carbonyl (C=O) groups is 1. The summed E-state index contributed by atoms with van der Waals surface area (Å²) >= 11 is 0. The minimum atomic E-state index is -0.319. The lowest BCUT2D eigenvalue weighted by atomic mass is 9.71. The fraction of sp³-hybridized carbons (Fsp3) is 0.667. The molecule has 1 aromatic rings. The molecule has 0 amide bonds. The van der Waals surface area contributed by atoms with Crippen LogP contribution in [0, 0.1) is 5.41 Å². The Balaban J connectivity index is 3.29. The summed E-state index contributed by atoms with van der Waals surface area (Å²) in [6, 6.07) is 4.10. The first-order valence-electron chi connectivity index (χ1n) is 9.01. The molecular weight excluding hydrogens is 316 g/mol. The third kappa shape index (κ3) is 6.35. The molecule has 0 spiro atoms. The molecule has 0 radical (unpaired) electrons. The molecule has 0 bridgehead atoms. The van der Waals surface area contributed by atoms with Crippen molar-refractivity contribution in [2.24, 2.45) is 5.41 Å². The molecule has 0 saturated carbocycles. The fourth-order valence-electron chi connectivity index (χ4n) is 3.66. The van der Waals surface area contributed by atoms with Crippen LogP contribution in [0.5, 0.6) is 5.75 Å². The summed E-state index contributed by atoms with van der Waals surface area (Å²) in [5, 5.41) is 8.80. The number of benzene rings is 1. The van der Waals surface area contributed by atoms with E-state index in [0.29, 0.717) is 0 Å². The van der Waals surface area contributed by atoms with E-state index < -0.39 is 0 Å². The molecule has 25 heavy (non-hydrogen) atoms. The maximum Gasteiger partial charge on any atom is 0.310 e. The van der Waals surface area contributed by atoms with Gasteiger partial charge in [-0.15, -0.1) is 0 Å². The van der Waals surface area contributed by atoms with Crippen LogP contribution in [0.25, 0.3) is 0 Å². The van der Waals surface area contributed by atoms with E-state index in [-0.39, 0.29) is 36.4 Å². The van der Waals surface area contributed by atoms with E-state index in [1.165, 1.54) is 0 Å². The maximum absolute atomic E-state index is 12.0. The molecule has 0 heterocycles. The standard InChI is InChI=1S/C21H34O4/c1-8-16-11-15(13-18(23)25-10-9-22)12-17(19(16)24-7)21(5,6)14-20(2,3)4/h11-12,22H,8-10,13-14H2,1-7H3. The summed E-state index contributed by atoms with van der Waals surface area (Å²) in [4.78, 5) is 12.0. The maximum atomic E-state index is 12.0. The quantitative estimate of drug-likeness (QED) is 0.719. The Hall–Kier alpha value is -1.55. The van der Waals surface area contributed by atoms with Crippen LogP contribution in [0.1, 0.15) is 64.7 Å². The molecule has 0 fully saturated rings. The second-order valence-corrected chi connectivity index (χ2v) is 8.43. The normalized spacial score (nSPS) is 12.2. The average Bonchev–Trinajstić information content (AvgIpc) is 2.49. The van der Waals surface area contributed by atoms with Crippen molar-refractivity contribution < 1.29 is 19.4 Å². The number of aliphatic hydroxyl groups excluding tert-OH is 1. The van der Waals surface area contributed by atoms with Crippen LogP contribution < -0.4 is 4.74 Å². The van der Waals surface area contributed by atoms with E-state index in [2.05, 4.69) is 47.6 Å². The second kappa shape index (κ2) is 8.70. The van der Waals surface area contributed by atoms with Crippen LogP contribution in [-0.2, 0) is 27.8 Å². The van der Waals surface area contributed by atoms with Gasteiger partial charge in [-0.25, -0.2) is 0 Å². The Morgan fingerprint density at radius 1 is 1.16 bits per heavy atom. The summed E-state index contributed by atoms with van der Waals surface area (Å²) in [7, 11) is 1.71. The average molecular weight is 350 g/mol. The van der Waals surface area contributed by atoms with Crippen LogP contribution >= 0.6 is 0 Å². The van der Waals surface area contributed by atoms with Crippen molar-refractivity contribution in [3.8, 4) is 5.75 Å². The van der Waals surface area contributed by atoms with Crippen molar-refractivity contribution >= 4 is 5.97 Å². The van der Waals surface area contributed by atoms with Gasteiger partial charge in [0.15, 0.2) is 0 Å². The van der Waals surface area contributed by atoms with Gasteiger partial charge < -0.3 is 14.6 Å². The minimum absolute atomic E-state index is 0.0397. The highest BCUT2D eigenvalue weighted by Gasteiger charge is 2.31. The fourth-order valence-corrected chi connectivity index (χ4v) is 3.66. The van der Waals surface area contributed by atoms with E-state index in [4.69, 9.17) is 14.6 Å². The zero-order chi connectivity index (χ0) is 19.3. The first-order chi connectivity index (χ1) is 11.5. The predicted molar refractivity (Wildman–Crippen MR) is 101 cm³/mol. The van der Waals surface area contributed by atoms with Crippen molar-refractivity contribution in [2.75, 3.05) is 20.3 Å². The first kappa shape index (κ1) is 21.5. The van der Waals surface area contributed by atoms with E-state index in [9.17, 15) is 4.79 Å². The van der Waals surface area contributed by atoms with Gasteiger partial charge in [0.25, 0.3) is 0 Å². The molecule has 4 heteroatoms. The van der Waals surface area contributed by atoms with Gasteiger partial charge in [-0.05, 0) is 34.8 Å². The Bertz CT molecular complexity index is 582. The molecule has 1 aromatic carbocycles. The Kier molecular flexibility index (Phi) is 7.48. The van der Waals surface area contributed by atoms with Crippen LogP contribution in [0.4, 0.5) is 0 Å². The van der Waals surface area contributed by atoms with Gasteiger partial charge >= 0.3 is 5.97 Å². The number of hydrogen-bond donors (Lipinski definition) is 1. The van der Waals surface area contributed by atoms with Gasteiger partial charge in [0.05, 0.1) is 20.1 Å². The van der Waals surface area contributed by atoms with Gasteiger partial charge in [-0.1, -0.05) is 53.7 Å². The van der Waals surface area contributed by atoms with E-state index >= 15 is 0 Å². The molecule has 0 unspecified atom stereocenters. The number of aliphatic hydroxyl groups is 1. The molecule has 0 aliphatic heterocycles. The summed E-state index contributed by atoms with van der Waals surface area (Å²) in [6.45, 7) is 13.1. The van der Waals surface area contributed by atoms with E-state index in [0.717, 1.165) is 35.3 Å². The molecule has 4 nitrogen and oxygen atoms in total. The smallest absolute Gasteiger partial charge is 0.310 e. The summed E-state index contributed by atoms with van der Waals surface area (Å²) in [5.74, 6) is 0.602. The van der Waals surface area contributed by atoms with Crippen LogP contribution in [-0.4, -0.2) is 31.4 Å². The molecule has 1 rings (SSSR count). The molecule has 142 valence electrons. The number of ether oxygens (including phenoxy) is 2. The topological polar surface area (TPSA) is 55.8 Å². The molecule has 0 aliphatic carbocycles. The second-order valence-electron chi connectivity index (χ2n) is 8.43.